The molecule has 0 aliphatic carbocycles. The fourth-order valence-corrected chi connectivity index (χ4v) is 1.97. The van der Waals surface area contributed by atoms with Crippen molar-refractivity contribution in [3.05, 3.63) is 22.5 Å². The Balaban J connectivity index is 3.24. The third-order valence-corrected chi connectivity index (χ3v) is 2.61. The van der Waals surface area contributed by atoms with Crippen LogP contribution in [0.5, 0.6) is 0 Å². The van der Waals surface area contributed by atoms with Gasteiger partial charge in [-0.25, -0.2) is 9.59 Å². The molecule has 0 unspecified atom stereocenters. The summed E-state index contributed by atoms with van der Waals surface area (Å²) in [6.45, 7) is 8.91. The van der Waals surface area contributed by atoms with Gasteiger partial charge in [0.25, 0.3) is 0 Å². The summed E-state index contributed by atoms with van der Waals surface area (Å²) in [5.41, 5.74) is 0.844. The predicted octanol–water partition coefficient (Wildman–Crippen LogP) is 2.93. The fraction of sp³-hybridized carbons (Fsp3) is 0.571. The summed E-state index contributed by atoms with van der Waals surface area (Å²) in [5, 5.41) is 9.23. The zero-order valence-electron chi connectivity index (χ0n) is 12.1. The summed E-state index contributed by atoms with van der Waals surface area (Å²) < 4.78 is 5.30. The molecule has 2 N–H and O–H groups in total. The summed E-state index contributed by atoms with van der Waals surface area (Å²) >= 11 is 0. The van der Waals surface area contributed by atoms with Crippen LogP contribution in [0.1, 0.15) is 66.2 Å². The summed E-state index contributed by atoms with van der Waals surface area (Å²) in [6, 6.07) is 0. The van der Waals surface area contributed by atoms with Gasteiger partial charge >= 0.3 is 11.9 Å². The molecule has 1 aromatic heterocycles. The molecule has 1 rings (SSSR count). The van der Waals surface area contributed by atoms with Gasteiger partial charge in [0.15, 0.2) is 0 Å². The number of carboxylic acids is 1. The maximum Gasteiger partial charge on any atom is 0.355 e. The molecule has 0 radical (unpaired) electrons. The molecule has 0 saturated heterocycles. The number of esters is 1. The van der Waals surface area contributed by atoms with E-state index in [4.69, 9.17) is 4.74 Å². The molecule has 0 aromatic carbocycles. The van der Waals surface area contributed by atoms with Crippen molar-refractivity contribution >= 4 is 11.9 Å². The number of hydrogen-bond acceptors (Lipinski definition) is 3. The van der Waals surface area contributed by atoms with Crippen LogP contribution in [0.15, 0.2) is 0 Å². The van der Waals surface area contributed by atoms with Crippen LogP contribution in [0.25, 0.3) is 0 Å². The summed E-state index contributed by atoms with van der Waals surface area (Å²) in [7, 11) is 0. The average Bonchev–Trinajstić information content (AvgIpc) is 2.53. The number of nitrogens with one attached hydrogen (secondary N) is 1. The van der Waals surface area contributed by atoms with Crippen LogP contribution in [0.4, 0.5) is 0 Å². The summed E-state index contributed by atoms with van der Waals surface area (Å²) in [4.78, 5) is 26.2. The molecule has 106 valence electrons. The molecule has 0 amide bonds. The van der Waals surface area contributed by atoms with Crippen molar-refractivity contribution in [2.24, 2.45) is 0 Å². The standard InChI is InChI=1S/C14H21NO4/c1-6-7-9-10(12(16)17)8(2)15-11(9)13(18)19-14(3,4)5/h15H,6-7H2,1-5H3,(H,16,17). The van der Waals surface area contributed by atoms with E-state index >= 15 is 0 Å². The molecular weight excluding hydrogens is 246 g/mol. The maximum absolute atomic E-state index is 12.1. The van der Waals surface area contributed by atoms with E-state index < -0.39 is 17.5 Å². The number of aromatic carboxylic acids is 1. The van der Waals surface area contributed by atoms with Gasteiger partial charge in [-0.3, -0.25) is 0 Å². The molecule has 0 aliphatic rings. The van der Waals surface area contributed by atoms with E-state index in [1.54, 1.807) is 27.7 Å². The Labute approximate surface area is 113 Å². The SMILES string of the molecule is CCCc1c(C(=O)OC(C)(C)C)[nH]c(C)c1C(=O)O. The smallest absolute Gasteiger partial charge is 0.355 e. The fourth-order valence-electron chi connectivity index (χ4n) is 1.97. The third-order valence-electron chi connectivity index (χ3n) is 2.61. The van der Waals surface area contributed by atoms with Crippen LogP contribution < -0.4 is 0 Å². The first-order valence-corrected chi connectivity index (χ1v) is 6.35. The van der Waals surface area contributed by atoms with Crippen molar-refractivity contribution in [2.75, 3.05) is 0 Å². The first-order chi connectivity index (χ1) is 8.67. The van der Waals surface area contributed by atoms with Gasteiger partial charge < -0.3 is 14.8 Å². The number of hydrogen-bond donors (Lipinski definition) is 2. The van der Waals surface area contributed by atoms with Gasteiger partial charge in [0.1, 0.15) is 11.3 Å². The molecule has 19 heavy (non-hydrogen) atoms. The molecule has 0 bridgehead atoms. The number of carbonyl (C=O) groups excluding carboxylic acids is 1. The largest absolute Gasteiger partial charge is 0.478 e. The van der Waals surface area contributed by atoms with Crippen molar-refractivity contribution in [3.63, 3.8) is 0 Å². The molecule has 1 heterocycles. The zero-order chi connectivity index (χ0) is 14.8. The first-order valence-electron chi connectivity index (χ1n) is 6.35. The number of aromatic nitrogens is 1. The second kappa shape index (κ2) is 5.47. The van der Waals surface area contributed by atoms with Crippen molar-refractivity contribution in [2.45, 2.75) is 53.1 Å². The molecule has 0 spiro atoms. The van der Waals surface area contributed by atoms with E-state index in [0.717, 1.165) is 6.42 Å². The predicted molar refractivity (Wildman–Crippen MR) is 71.7 cm³/mol. The monoisotopic (exact) mass is 267 g/mol. The molecule has 0 atom stereocenters. The second-order valence-electron chi connectivity index (χ2n) is 5.54. The Hall–Kier alpha value is -1.78. The van der Waals surface area contributed by atoms with Gasteiger partial charge in [-0.2, -0.15) is 0 Å². The Morgan fingerprint density at radius 1 is 1.32 bits per heavy atom. The van der Waals surface area contributed by atoms with Gasteiger partial charge in [-0.1, -0.05) is 13.3 Å². The molecule has 5 heteroatoms. The Morgan fingerprint density at radius 2 is 1.89 bits per heavy atom. The quantitative estimate of drug-likeness (QED) is 0.822. The van der Waals surface area contributed by atoms with Crippen LogP contribution in [-0.4, -0.2) is 27.6 Å². The van der Waals surface area contributed by atoms with Crippen molar-refractivity contribution in [1.29, 1.82) is 0 Å². The van der Waals surface area contributed by atoms with E-state index in [1.807, 2.05) is 6.92 Å². The molecule has 0 saturated carbocycles. The molecule has 5 nitrogen and oxygen atoms in total. The highest BCUT2D eigenvalue weighted by Crippen LogP contribution is 2.23. The zero-order valence-corrected chi connectivity index (χ0v) is 12.1. The average molecular weight is 267 g/mol. The molecule has 0 aliphatic heterocycles. The van der Waals surface area contributed by atoms with Gasteiger partial charge in [0, 0.05) is 5.69 Å². The highest BCUT2D eigenvalue weighted by Gasteiger charge is 2.27. The highest BCUT2D eigenvalue weighted by molar-refractivity contribution is 5.98. The number of ether oxygens (including phenoxy) is 1. The normalized spacial score (nSPS) is 11.4. The second-order valence-corrected chi connectivity index (χ2v) is 5.54. The van der Waals surface area contributed by atoms with E-state index in [1.165, 1.54) is 0 Å². The van der Waals surface area contributed by atoms with Crippen molar-refractivity contribution in [3.8, 4) is 0 Å². The number of carboxylic acid groups (broad SMARTS) is 1. The minimum atomic E-state index is -1.02. The summed E-state index contributed by atoms with van der Waals surface area (Å²) in [5.74, 6) is -1.53. The number of carbonyl (C=O) groups is 2. The van der Waals surface area contributed by atoms with Gasteiger partial charge in [-0.05, 0) is 39.7 Å². The number of aryl methyl sites for hydroxylation is 1. The Kier molecular flexibility index (Phi) is 4.39. The van der Waals surface area contributed by atoms with Crippen molar-refractivity contribution in [1.82, 2.24) is 4.98 Å². The first kappa shape index (κ1) is 15.3. The van der Waals surface area contributed by atoms with Crippen LogP contribution in [0.3, 0.4) is 0 Å². The topological polar surface area (TPSA) is 79.4 Å². The number of H-pyrrole nitrogens is 1. The maximum atomic E-state index is 12.1. The van der Waals surface area contributed by atoms with Crippen LogP contribution in [-0.2, 0) is 11.2 Å². The molecular formula is C14H21NO4. The Morgan fingerprint density at radius 3 is 2.32 bits per heavy atom. The van der Waals surface area contributed by atoms with Crippen LogP contribution >= 0.6 is 0 Å². The highest BCUT2D eigenvalue weighted by atomic mass is 16.6. The van der Waals surface area contributed by atoms with Crippen molar-refractivity contribution < 1.29 is 19.4 Å². The lowest BCUT2D eigenvalue weighted by Crippen LogP contribution is -2.24. The molecule has 0 fully saturated rings. The van der Waals surface area contributed by atoms with Crippen LogP contribution in [0.2, 0.25) is 0 Å². The van der Waals surface area contributed by atoms with E-state index in [9.17, 15) is 14.7 Å². The number of rotatable bonds is 4. The van der Waals surface area contributed by atoms with Gasteiger partial charge in [0.05, 0.1) is 5.56 Å². The van der Waals surface area contributed by atoms with E-state index in [2.05, 4.69) is 4.98 Å². The third kappa shape index (κ3) is 3.59. The van der Waals surface area contributed by atoms with Gasteiger partial charge in [0.2, 0.25) is 0 Å². The number of aromatic amines is 1. The van der Waals surface area contributed by atoms with Crippen LogP contribution in [0, 0.1) is 6.92 Å². The summed E-state index contributed by atoms with van der Waals surface area (Å²) in [6.07, 6.45) is 1.29. The lowest BCUT2D eigenvalue weighted by molar-refractivity contribution is 0.00622. The van der Waals surface area contributed by atoms with E-state index in [-0.39, 0.29) is 11.3 Å². The minimum Gasteiger partial charge on any atom is -0.478 e. The molecule has 1 aromatic rings. The lowest BCUT2D eigenvalue weighted by Gasteiger charge is -2.19. The van der Waals surface area contributed by atoms with E-state index in [0.29, 0.717) is 17.7 Å². The van der Waals surface area contributed by atoms with Gasteiger partial charge in [-0.15, -0.1) is 0 Å². The lowest BCUT2D eigenvalue weighted by atomic mass is 10.0. The minimum absolute atomic E-state index is 0.183. The Bertz CT molecular complexity index is 494.